The molecule has 0 unspecified atom stereocenters. The summed E-state index contributed by atoms with van der Waals surface area (Å²) in [6.45, 7) is 6.32. The molecule has 0 radical (unpaired) electrons. The lowest BCUT2D eigenvalue weighted by atomic mass is 10.00. The van der Waals surface area contributed by atoms with Gasteiger partial charge in [0.05, 0.1) is 27.9 Å². The van der Waals surface area contributed by atoms with E-state index in [1.54, 1.807) is 19.2 Å². The second kappa shape index (κ2) is 12.0. The molecule has 9 nitrogen and oxygen atoms in total. The first-order chi connectivity index (χ1) is 19.5. The second-order valence-corrected chi connectivity index (χ2v) is 12.0. The predicted octanol–water partition coefficient (Wildman–Crippen LogP) is 7.15. The van der Waals surface area contributed by atoms with E-state index in [1.807, 2.05) is 25.7 Å². The van der Waals surface area contributed by atoms with Crippen LogP contribution in [0.2, 0.25) is 10.0 Å². The Bertz CT molecular complexity index is 1420. The molecule has 2 aliphatic heterocycles. The number of ether oxygens (including phenoxy) is 4. The Kier molecular flexibility index (Phi) is 8.63. The van der Waals surface area contributed by atoms with Crippen LogP contribution >= 0.6 is 23.2 Å². The lowest BCUT2D eigenvalue weighted by Crippen LogP contribution is -2.50. The van der Waals surface area contributed by atoms with Crippen molar-refractivity contribution in [3.63, 3.8) is 0 Å². The molecule has 3 heterocycles. The number of fused-ring (bicyclic) bond motifs is 3. The highest BCUT2D eigenvalue weighted by molar-refractivity contribution is 6.42. The number of amides is 1. The number of piperidine rings is 1. The quantitative estimate of drug-likeness (QED) is 0.213. The molecule has 41 heavy (non-hydrogen) atoms. The monoisotopic (exact) mass is 606 g/mol. The molecule has 0 aliphatic carbocycles. The molecule has 220 valence electrons. The number of aromatic nitrogens is 2. The van der Waals surface area contributed by atoms with Gasteiger partial charge in [0.15, 0.2) is 17.3 Å². The number of carbonyl (C=O) groups is 1. The van der Waals surface area contributed by atoms with Crippen molar-refractivity contribution < 1.29 is 28.1 Å². The maximum absolute atomic E-state index is 14.8. The smallest absolute Gasteiger partial charge is 0.410 e. The van der Waals surface area contributed by atoms with E-state index in [-0.39, 0.29) is 40.0 Å². The summed E-state index contributed by atoms with van der Waals surface area (Å²) in [6.07, 6.45) is 4.07. The maximum Gasteiger partial charge on any atom is 0.410 e. The molecule has 5 rings (SSSR count). The van der Waals surface area contributed by atoms with Crippen molar-refractivity contribution in [1.82, 2.24) is 14.9 Å². The first kappa shape index (κ1) is 29.4. The lowest BCUT2D eigenvalue weighted by molar-refractivity contribution is -0.00747. The van der Waals surface area contributed by atoms with Gasteiger partial charge < -0.3 is 29.2 Å². The predicted molar refractivity (Wildman–Crippen MR) is 155 cm³/mol. The van der Waals surface area contributed by atoms with E-state index in [4.69, 9.17) is 42.1 Å². The van der Waals surface area contributed by atoms with Crippen molar-refractivity contribution in [1.29, 1.82) is 0 Å². The van der Waals surface area contributed by atoms with Gasteiger partial charge in [0, 0.05) is 43.5 Å². The highest BCUT2D eigenvalue weighted by Gasteiger charge is 2.45. The normalized spacial score (nSPS) is 20.3. The van der Waals surface area contributed by atoms with Gasteiger partial charge >= 0.3 is 6.09 Å². The molecular weight excluding hydrogens is 574 g/mol. The fraction of sp³-hybridized carbons (Fsp3) is 0.483. The number of nitrogens with zero attached hydrogens (tertiary/aromatic N) is 3. The highest BCUT2D eigenvalue weighted by Crippen LogP contribution is 2.42. The zero-order chi connectivity index (χ0) is 29.3. The minimum atomic E-state index is -0.686. The van der Waals surface area contributed by atoms with Crippen molar-refractivity contribution >= 4 is 51.7 Å². The van der Waals surface area contributed by atoms with E-state index in [2.05, 4.69) is 15.3 Å². The van der Waals surface area contributed by atoms with Crippen molar-refractivity contribution in [3.8, 4) is 11.5 Å². The lowest BCUT2D eigenvalue weighted by Gasteiger charge is -2.39. The minimum Gasteiger partial charge on any atom is -0.487 e. The van der Waals surface area contributed by atoms with Crippen LogP contribution in [-0.4, -0.2) is 65.1 Å². The molecular formula is C29H33Cl2FN4O5. The van der Waals surface area contributed by atoms with Crippen LogP contribution in [0.5, 0.6) is 11.5 Å². The number of benzene rings is 2. The summed E-state index contributed by atoms with van der Waals surface area (Å²) in [5, 5.41) is 3.53. The van der Waals surface area contributed by atoms with E-state index in [0.717, 1.165) is 12.8 Å². The van der Waals surface area contributed by atoms with Gasteiger partial charge in [-0.3, -0.25) is 0 Å². The Balaban J connectivity index is 1.43. The summed E-state index contributed by atoms with van der Waals surface area (Å²) in [7, 11) is 1.60. The Hall–Kier alpha value is -3.08. The van der Waals surface area contributed by atoms with Gasteiger partial charge in [0.25, 0.3) is 0 Å². The van der Waals surface area contributed by atoms with Crippen LogP contribution in [0.25, 0.3) is 10.9 Å². The second-order valence-electron chi connectivity index (χ2n) is 11.2. The molecule has 2 saturated heterocycles. The first-order valence-electron chi connectivity index (χ1n) is 13.5. The van der Waals surface area contributed by atoms with E-state index in [1.165, 1.54) is 18.5 Å². The average molecular weight is 608 g/mol. The molecule has 3 aromatic rings. The summed E-state index contributed by atoms with van der Waals surface area (Å²) in [5.74, 6) is 0.674. The third-order valence-corrected chi connectivity index (χ3v) is 7.90. The van der Waals surface area contributed by atoms with E-state index >= 15 is 0 Å². The van der Waals surface area contributed by atoms with Crippen LogP contribution in [0.4, 0.5) is 20.7 Å². The van der Waals surface area contributed by atoms with Crippen LogP contribution in [0.3, 0.4) is 0 Å². The molecule has 1 amide bonds. The summed E-state index contributed by atoms with van der Waals surface area (Å²) in [5.41, 5.74) is 0.133. The molecule has 0 spiro atoms. The number of carbonyl (C=O) groups excluding carboxylic acids is 1. The fourth-order valence-electron chi connectivity index (χ4n) is 5.37. The maximum atomic E-state index is 14.8. The van der Waals surface area contributed by atoms with Crippen molar-refractivity contribution in [2.24, 2.45) is 0 Å². The van der Waals surface area contributed by atoms with Gasteiger partial charge in [-0.2, -0.15) is 0 Å². The SMILES string of the molecule is COCCOc1cc2ncnc(Nc3ccc(Cl)c(Cl)c3F)c2cc1O[C@@H]1C[C@H]2CC[C@@H](C1)N2C(=O)OC(C)(C)C. The Morgan fingerprint density at radius 3 is 2.51 bits per heavy atom. The van der Waals surface area contributed by atoms with E-state index < -0.39 is 11.4 Å². The number of rotatable bonds is 8. The zero-order valence-electron chi connectivity index (χ0n) is 23.4. The molecule has 1 aromatic heterocycles. The molecule has 2 aliphatic rings. The molecule has 2 bridgehead atoms. The average Bonchev–Trinajstić information content (AvgIpc) is 3.19. The molecule has 3 atom stereocenters. The number of halogens is 3. The zero-order valence-corrected chi connectivity index (χ0v) is 24.9. The molecule has 0 saturated carbocycles. The van der Waals surface area contributed by atoms with Gasteiger partial charge in [-0.25, -0.2) is 19.2 Å². The molecule has 2 aromatic carbocycles. The van der Waals surface area contributed by atoms with Crippen LogP contribution in [0.1, 0.15) is 46.5 Å². The van der Waals surface area contributed by atoms with E-state index in [0.29, 0.717) is 54.3 Å². The number of nitrogens with one attached hydrogen (secondary N) is 1. The van der Waals surface area contributed by atoms with Crippen molar-refractivity contribution in [2.45, 2.75) is 70.2 Å². The van der Waals surface area contributed by atoms with Crippen LogP contribution in [-0.2, 0) is 9.47 Å². The molecule has 2 fully saturated rings. The molecule has 12 heteroatoms. The summed E-state index contributed by atoms with van der Waals surface area (Å²) in [4.78, 5) is 23.5. The third kappa shape index (κ3) is 6.55. The van der Waals surface area contributed by atoms with E-state index in [9.17, 15) is 9.18 Å². The van der Waals surface area contributed by atoms with Gasteiger partial charge in [-0.15, -0.1) is 0 Å². The van der Waals surface area contributed by atoms with Gasteiger partial charge in [-0.1, -0.05) is 23.2 Å². The Labute approximate surface area is 248 Å². The molecule has 1 N–H and O–H groups in total. The van der Waals surface area contributed by atoms with Gasteiger partial charge in [-0.05, 0) is 51.8 Å². The third-order valence-electron chi connectivity index (χ3n) is 7.12. The van der Waals surface area contributed by atoms with Crippen molar-refractivity contribution in [3.05, 3.63) is 46.5 Å². The number of anilines is 2. The van der Waals surface area contributed by atoms with Crippen LogP contribution in [0, 0.1) is 5.82 Å². The number of methoxy groups -OCH3 is 1. The largest absolute Gasteiger partial charge is 0.487 e. The fourth-order valence-corrected chi connectivity index (χ4v) is 5.68. The highest BCUT2D eigenvalue weighted by atomic mass is 35.5. The Morgan fingerprint density at radius 1 is 1.10 bits per heavy atom. The van der Waals surface area contributed by atoms with Crippen LogP contribution in [0.15, 0.2) is 30.6 Å². The summed E-state index contributed by atoms with van der Waals surface area (Å²) < 4.78 is 38.2. The topological polar surface area (TPSA) is 95.0 Å². The first-order valence-corrected chi connectivity index (χ1v) is 14.3. The number of hydrogen-bond acceptors (Lipinski definition) is 8. The van der Waals surface area contributed by atoms with Gasteiger partial charge in [0.1, 0.15) is 30.5 Å². The number of hydrogen-bond donors (Lipinski definition) is 1. The van der Waals surface area contributed by atoms with Gasteiger partial charge in [0.2, 0.25) is 0 Å². The Morgan fingerprint density at radius 2 is 1.83 bits per heavy atom. The standard InChI is InChI=1S/C29H33Cl2FN4O5/c1-29(2,3)41-28(37)36-16-5-6-17(36)12-18(11-16)40-24-13-19-22(14-23(24)39-10-9-38-4)33-15-34-27(19)35-21-8-7-20(30)25(31)26(21)32/h7-8,13-18H,5-6,9-12H2,1-4H3,(H,33,34,35)/t16-,17+,18-. The summed E-state index contributed by atoms with van der Waals surface area (Å²) in [6, 6.07) is 6.62. The van der Waals surface area contributed by atoms with Crippen molar-refractivity contribution in [2.75, 3.05) is 25.6 Å². The minimum absolute atomic E-state index is 0.0325. The summed E-state index contributed by atoms with van der Waals surface area (Å²) >= 11 is 12.0. The van der Waals surface area contributed by atoms with Crippen LogP contribution < -0.4 is 14.8 Å².